The lowest BCUT2D eigenvalue weighted by Crippen LogP contribution is -2.25. The Hall–Kier alpha value is -1.92. The molecular weight excluding hydrogens is 264 g/mol. The van der Waals surface area contributed by atoms with E-state index in [1.54, 1.807) is 12.4 Å². The third kappa shape index (κ3) is 3.77. The van der Waals surface area contributed by atoms with Gasteiger partial charge in [-0.05, 0) is 48.4 Å². The molecule has 1 aromatic heterocycles. The second-order valence-electron chi connectivity index (χ2n) is 4.00. The van der Waals surface area contributed by atoms with Crippen molar-refractivity contribution < 1.29 is 13.5 Å². The van der Waals surface area contributed by atoms with E-state index in [9.17, 15) is 8.42 Å². The van der Waals surface area contributed by atoms with Crippen LogP contribution in [0.15, 0.2) is 53.7 Å². The van der Waals surface area contributed by atoms with Gasteiger partial charge in [0.1, 0.15) is 5.75 Å². The van der Waals surface area contributed by atoms with Crippen molar-refractivity contribution in [2.45, 2.75) is 11.3 Å². The van der Waals surface area contributed by atoms with Gasteiger partial charge in [0.15, 0.2) is 0 Å². The van der Waals surface area contributed by atoms with Crippen molar-refractivity contribution in [2.75, 3.05) is 6.54 Å². The summed E-state index contributed by atoms with van der Waals surface area (Å²) in [5.74, 6) is 0.0377. The van der Waals surface area contributed by atoms with Gasteiger partial charge in [0, 0.05) is 18.9 Å². The Labute approximate surface area is 112 Å². The van der Waals surface area contributed by atoms with E-state index < -0.39 is 10.0 Å². The summed E-state index contributed by atoms with van der Waals surface area (Å²) in [5.41, 5.74) is 1.02. The molecule has 0 bridgehead atoms. The van der Waals surface area contributed by atoms with Crippen LogP contribution in [0, 0.1) is 0 Å². The van der Waals surface area contributed by atoms with Crippen LogP contribution in [-0.2, 0) is 16.4 Å². The smallest absolute Gasteiger partial charge is 0.240 e. The number of benzene rings is 1. The number of phenolic OH excluding ortho intramolecular Hbond substituents is 1. The molecule has 0 radical (unpaired) electrons. The summed E-state index contributed by atoms with van der Waals surface area (Å²) in [6.45, 7) is 0.313. The Bertz CT molecular complexity index is 625. The SMILES string of the molecule is O=S(=O)(NCCc1ccncc1)c1ccc(O)cc1. The van der Waals surface area contributed by atoms with Crippen LogP contribution in [0.5, 0.6) is 5.75 Å². The predicted octanol–water partition coefficient (Wildman–Crippen LogP) is 1.31. The number of nitrogens with zero attached hydrogens (tertiary/aromatic N) is 1. The normalized spacial score (nSPS) is 11.4. The van der Waals surface area contributed by atoms with Gasteiger partial charge in [-0.1, -0.05) is 0 Å². The lowest BCUT2D eigenvalue weighted by Gasteiger charge is -2.06. The summed E-state index contributed by atoms with van der Waals surface area (Å²) >= 11 is 0. The van der Waals surface area contributed by atoms with E-state index in [0.717, 1.165) is 5.56 Å². The third-order valence-electron chi connectivity index (χ3n) is 2.60. The molecule has 0 fully saturated rings. The van der Waals surface area contributed by atoms with Crippen LogP contribution < -0.4 is 4.72 Å². The van der Waals surface area contributed by atoms with E-state index in [1.807, 2.05) is 12.1 Å². The molecule has 2 rings (SSSR count). The van der Waals surface area contributed by atoms with Crippen LogP contribution in [-0.4, -0.2) is 25.1 Å². The highest BCUT2D eigenvalue weighted by atomic mass is 32.2. The van der Waals surface area contributed by atoms with Crippen molar-refractivity contribution in [2.24, 2.45) is 0 Å². The van der Waals surface area contributed by atoms with Crippen LogP contribution in [0.3, 0.4) is 0 Å². The molecule has 0 amide bonds. The molecule has 0 saturated heterocycles. The van der Waals surface area contributed by atoms with Crippen LogP contribution in [0.25, 0.3) is 0 Å². The fourth-order valence-electron chi connectivity index (χ4n) is 1.59. The summed E-state index contributed by atoms with van der Waals surface area (Å²) in [5, 5.41) is 9.13. The number of phenols is 1. The topological polar surface area (TPSA) is 79.3 Å². The van der Waals surface area contributed by atoms with Gasteiger partial charge >= 0.3 is 0 Å². The van der Waals surface area contributed by atoms with Crippen molar-refractivity contribution in [3.05, 3.63) is 54.4 Å². The van der Waals surface area contributed by atoms with Gasteiger partial charge in [0.05, 0.1) is 4.90 Å². The molecule has 0 aliphatic rings. The molecule has 0 aliphatic heterocycles. The van der Waals surface area contributed by atoms with Crippen LogP contribution in [0.2, 0.25) is 0 Å². The molecule has 5 nitrogen and oxygen atoms in total. The highest BCUT2D eigenvalue weighted by molar-refractivity contribution is 7.89. The molecule has 6 heteroatoms. The molecule has 1 aromatic carbocycles. The van der Waals surface area contributed by atoms with E-state index in [1.165, 1.54) is 24.3 Å². The van der Waals surface area contributed by atoms with Gasteiger partial charge in [0.25, 0.3) is 0 Å². The van der Waals surface area contributed by atoms with Crippen LogP contribution in [0.4, 0.5) is 0 Å². The van der Waals surface area contributed by atoms with Gasteiger partial charge in [-0.2, -0.15) is 0 Å². The number of hydrogen-bond donors (Lipinski definition) is 2. The average molecular weight is 278 g/mol. The summed E-state index contributed by atoms with van der Waals surface area (Å²) in [6, 6.07) is 9.10. The van der Waals surface area contributed by atoms with E-state index >= 15 is 0 Å². The zero-order chi connectivity index (χ0) is 13.7. The molecule has 0 spiro atoms. The highest BCUT2D eigenvalue weighted by Gasteiger charge is 2.12. The molecule has 1 heterocycles. The number of rotatable bonds is 5. The zero-order valence-electron chi connectivity index (χ0n) is 10.2. The summed E-state index contributed by atoms with van der Waals surface area (Å²) in [6.07, 6.45) is 3.94. The fraction of sp³-hybridized carbons (Fsp3) is 0.154. The standard InChI is InChI=1S/C13H14N2O3S/c16-12-1-3-13(4-2-12)19(17,18)15-10-7-11-5-8-14-9-6-11/h1-6,8-9,15-16H,7,10H2. The van der Waals surface area contributed by atoms with Crippen molar-refractivity contribution >= 4 is 10.0 Å². The minimum absolute atomic E-state index is 0.0377. The Balaban J connectivity index is 1.97. The first-order valence-corrected chi connectivity index (χ1v) is 7.24. The van der Waals surface area contributed by atoms with E-state index in [0.29, 0.717) is 13.0 Å². The van der Waals surface area contributed by atoms with Crippen molar-refractivity contribution in [1.82, 2.24) is 9.71 Å². The summed E-state index contributed by atoms with van der Waals surface area (Å²) in [4.78, 5) is 4.03. The van der Waals surface area contributed by atoms with Gasteiger partial charge in [0.2, 0.25) is 10.0 Å². The molecule has 0 saturated carbocycles. The lowest BCUT2D eigenvalue weighted by molar-refractivity contribution is 0.474. The molecule has 0 aliphatic carbocycles. The zero-order valence-corrected chi connectivity index (χ0v) is 11.0. The Morgan fingerprint density at radius 2 is 1.68 bits per heavy atom. The molecular formula is C13H14N2O3S. The Kier molecular flexibility index (Phi) is 4.13. The Morgan fingerprint density at radius 3 is 2.32 bits per heavy atom. The number of aromatic hydroxyl groups is 1. The quantitative estimate of drug-likeness (QED) is 0.864. The minimum Gasteiger partial charge on any atom is -0.508 e. The van der Waals surface area contributed by atoms with Crippen LogP contribution >= 0.6 is 0 Å². The van der Waals surface area contributed by atoms with E-state index in [-0.39, 0.29) is 10.6 Å². The maximum absolute atomic E-state index is 11.9. The van der Waals surface area contributed by atoms with Crippen molar-refractivity contribution in [3.8, 4) is 5.75 Å². The summed E-state index contributed by atoms with van der Waals surface area (Å²) in [7, 11) is -3.52. The predicted molar refractivity (Wildman–Crippen MR) is 71.2 cm³/mol. The second-order valence-corrected chi connectivity index (χ2v) is 5.76. The third-order valence-corrected chi connectivity index (χ3v) is 4.08. The lowest BCUT2D eigenvalue weighted by atomic mass is 10.2. The molecule has 2 aromatic rings. The van der Waals surface area contributed by atoms with Crippen molar-refractivity contribution in [1.29, 1.82) is 0 Å². The second kappa shape index (κ2) is 5.81. The monoisotopic (exact) mass is 278 g/mol. The number of hydrogen-bond acceptors (Lipinski definition) is 4. The highest BCUT2D eigenvalue weighted by Crippen LogP contribution is 2.14. The molecule has 0 atom stereocenters. The van der Waals surface area contributed by atoms with Crippen LogP contribution in [0.1, 0.15) is 5.56 Å². The van der Waals surface area contributed by atoms with E-state index in [2.05, 4.69) is 9.71 Å². The maximum atomic E-state index is 11.9. The Morgan fingerprint density at radius 1 is 1.05 bits per heavy atom. The number of nitrogens with one attached hydrogen (secondary N) is 1. The maximum Gasteiger partial charge on any atom is 0.240 e. The van der Waals surface area contributed by atoms with E-state index in [4.69, 9.17) is 5.11 Å². The molecule has 0 unspecified atom stereocenters. The molecule has 100 valence electrons. The number of sulfonamides is 1. The molecule has 19 heavy (non-hydrogen) atoms. The minimum atomic E-state index is -3.52. The largest absolute Gasteiger partial charge is 0.508 e. The van der Waals surface area contributed by atoms with Gasteiger partial charge in [-0.3, -0.25) is 4.98 Å². The molecule has 2 N–H and O–H groups in total. The fourth-order valence-corrected chi connectivity index (χ4v) is 2.62. The summed E-state index contributed by atoms with van der Waals surface area (Å²) < 4.78 is 26.4. The number of aromatic nitrogens is 1. The first kappa shape index (κ1) is 13.5. The number of pyridine rings is 1. The first-order valence-electron chi connectivity index (χ1n) is 5.75. The van der Waals surface area contributed by atoms with Crippen molar-refractivity contribution in [3.63, 3.8) is 0 Å². The van der Waals surface area contributed by atoms with Gasteiger partial charge < -0.3 is 5.11 Å². The van der Waals surface area contributed by atoms with Gasteiger partial charge in [-0.15, -0.1) is 0 Å². The average Bonchev–Trinajstić information content (AvgIpc) is 2.40. The first-order chi connectivity index (χ1) is 9.08. The van der Waals surface area contributed by atoms with Gasteiger partial charge in [-0.25, -0.2) is 13.1 Å².